The van der Waals surface area contributed by atoms with Gasteiger partial charge in [-0.15, -0.1) is 0 Å². The molecule has 0 atom stereocenters. The second-order valence-corrected chi connectivity index (χ2v) is 4.83. The minimum atomic E-state index is -0.414. The molecule has 0 radical (unpaired) electrons. The van der Waals surface area contributed by atoms with Crippen molar-refractivity contribution in [3.05, 3.63) is 71.1 Å². The second kappa shape index (κ2) is 5.50. The molecular formula is C16H10ClFN2O. The Balaban J connectivity index is 2.18. The van der Waals surface area contributed by atoms with E-state index >= 15 is 0 Å². The Labute approximate surface area is 125 Å². The lowest BCUT2D eigenvalue weighted by molar-refractivity contribution is 0.112. The lowest BCUT2D eigenvalue weighted by Gasteiger charge is -2.03. The van der Waals surface area contributed by atoms with Crippen LogP contribution in [0.1, 0.15) is 10.4 Å². The molecule has 0 aliphatic heterocycles. The van der Waals surface area contributed by atoms with Crippen LogP contribution in [0.4, 0.5) is 4.39 Å². The number of para-hydroxylation sites is 1. The lowest BCUT2D eigenvalue weighted by atomic mass is 10.1. The summed E-state index contributed by atoms with van der Waals surface area (Å²) in [6.07, 6.45) is 2.17. The fourth-order valence-electron chi connectivity index (χ4n) is 2.10. The van der Waals surface area contributed by atoms with E-state index in [-0.39, 0.29) is 5.69 Å². The number of hydrogen-bond acceptors (Lipinski definition) is 2. The molecule has 0 saturated carbocycles. The summed E-state index contributed by atoms with van der Waals surface area (Å²) in [5, 5.41) is 4.79. The van der Waals surface area contributed by atoms with Gasteiger partial charge in [0.05, 0.1) is 10.6 Å². The van der Waals surface area contributed by atoms with Crippen LogP contribution in [0.5, 0.6) is 0 Å². The molecule has 0 bridgehead atoms. The zero-order chi connectivity index (χ0) is 14.8. The summed E-state index contributed by atoms with van der Waals surface area (Å²) >= 11 is 6.13. The molecule has 0 amide bonds. The van der Waals surface area contributed by atoms with E-state index in [0.29, 0.717) is 28.1 Å². The number of halogens is 2. The van der Waals surface area contributed by atoms with Crippen LogP contribution >= 0.6 is 11.6 Å². The van der Waals surface area contributed by atoms with Crippen LogP contribution in [-0.2, 0) is 0 Å². The highest BCUT2D eigenvalue weighted by Crippen LogP contribution is 2.29. The fourth-order valence-corrected chi connectivity index (χ4v) is 2.32. The molecule has 0 unspecified atom stereocenters. The molecular weight excluding hydrogens is 291 g/mol. The van der Waals surface area contributed by atoms with E-state index < -0.39 is 5.82 Å². The van der Waals surface area contributed by atoms with Crippen molar-refractivity contribution in [1.82, 2.24) is 9.78 Å². The van der Waals surface area contributed by atoms with E-state index in [1.54, 1.807) is 42.5 Å². The van der Waals surface area contributed by atoms with Gasteiger partial charge in [0, 0.05) is 11.8 Å². The summed E-state index contributed by atoms with van der Waals surface area (Å²) in [5.41, 5.74) is 1.69. The van der Waals surface area contributed by atoms with Crippen LogP contribution in [0.25, 0.3) is 16.9 Å². The van der Waals surface area contributed by atoms with Crippen LogP contribution in [-0.4, -0.2) is 16.1 Å². The highest BCUT2D eigenvalue weighted by Gasteiger charge is 2.15. The van der Waals surface area contributed by atoms with Gasteiger partial charge in [-0.1, -0.05) is 41.9 Å². The molecule has 21 heavy (non-hydrogen) atoms. The summed E-state index contributed by atoms with van der Waals surface area (Å²) < 4.78 is 15.2. The van der Waals surface area contributed by atoms with E-state index in [1.165, 1.54) is 16.9 Å². The van der Waals surface area contributed by atoms with Gasteiger partial charge in [0.2, 0.25) is 0 Å². The predicted octanol–water partition coefficient (Wildman–Crippen LogP) is 4.14. The zero-order valence-electron chi connectivity index (χ0n) is 10.8. The quantitative estimate of drug-likeness (QED) is 0.681. The number of carbonyl (C=O) groups is 1. The fraction of sp³-hybridized carbons (Fsp3) is 0. The largest absolute Gasteiger partial charge is 0.298 e. The first-order valence-corrected chi connectivity index (χ1v) is 6.63. The van der Waals surface area contributed by atoms with Crippen molar-refractivity contribution in [2.24, 2.45) is 0 Å². The van der Waals surface area contributed by atoms with Gasteiger partial charge in [0.25, 0.3) is 0 Å². The van der Waals surface area contributed by atoms with Gasteiger partial charge in [-0.05, 0) is 18.2 Å². The maximum absolute atomic E-state index is 13.8. The van der Waals surface area contributed by atoms with Crippen LogP contribution in [0.2, 0.25) is 5.02 Å². The van der Waals surface area contributed by atoms with Crippen LogP contribution in [0.15, 0.2) is 54.7 Å². The molecule has 3 nitrogen and oxygen atoms in total. The Morgan fingerprint density at radius 1 is 1.10 bits per heavy atom. The van der Waals surface area contributed by atoms with Crippen molar-refractivity contribution in [2.75, 3.05) is 0 Å². The van der Waals surface area contributed by atoms with Crippen molar-refractivity contribution in [1.29, 1.82) is 0 Å². The first kappa shape index (κ1) is 13.5. The van der Waals surface area contributed by atoms with Crippen LogP contribution in [0.3, 0.4) is 0 Å². The van der Waals surface area contributed by atoms with E-state index in [9.17, 15) is 9.18 Å². The predicted molar refractivity (Wildman–Crippen MR) is 79.4 cm³/mol. The Hall–Kier alpha value is -2.46. The molecule has 5 heteroatoms. The summed E-state index contributed by atoms with van der Waals surface area (Å²) in [6, 6.07) is 13.3. The average molecular weight is 301 g/mol. The standard InChI is InChI=1S/C16H10ClFN2O/c17-13-6-2-1-5-12(13)16-11(10-21)9-20(19-16)15-8-4-3-7-14(15)18/h1-10H. The zero-order valence-corrected chi connectivity index (χ0v) is 11.6. The molecule has 1 heterocycles. The smallest absolute Gasteiger partial charge is 0.153 e. The number of rotatable bonds is 3. The van der Waals surface area contributed by atoms with E-state index in [2.05, 4.69) is 5.10 Å². The molecule has 0 aliphatic carbocycles. The summed E-state index contributed by atoms with van der Waals surface area (Å²) in [7, 11) is 0. The van der Waals surface area contributed by atoms with Crippen molar-refractivity contribution >= 4 is 17.9 Å². The highest BCUT2D eigenvalue weighted by atomic mass is 35.5. The van der Waals surface area contributed by atoms with E-state index in [1.807, 2.05) is 0 Å². The lowest BCUT2D eigenvalue weighted by Crippen LogP contribution is -1.98. The second-order valence-electron chi connectivity index (χ2n) is 4.43. The average Bonchev–Trinajstić information content (AvgIpc) is 2.92. The molecule has 3 rings (SSSR count). The van der Waals surface area contributed by atoms with Crippen molar-refractivity contribution in [2.45, 2.75) is 0 Å². The molecule has 1 aromatic heterocycles. The van der Waals surface area contributed by atoms with Crippen LogP contribution in [0, 0.1) is 5.82 Å². The topological polar surface area (TPSA) is 34.9 Å². The third-order valence-electron chi connectivity index (χ3n) is 3.10. The number of aldehydes is 1. The molecule has 0 aliphatic rings. The van der Waals surface area contributed by atoms with Crippen molar-refractivity contribution in [3.8, 4) is 16.9 Å². The van der Waals surface area contributed by atoms with E-state index in [0.717, 1.165) is 0 Å². The molecule has 0 spiro atoms. The number of benzene rings is 2. The Kier molecular flexibility index (Phi) is 3.54. The minimum absolute atomic E-state index is 0.277. The third-order valence-corrected chi connectivity index (χ3v) is 3.43. The Bertz CT molecular complexity index is 814. The maximum atomic E-state index is 13.8. The first-order valence-electron chi connectivity index (χ1n) is 6.25. The Morgan fingerprint density at radius 2 is 1.81 bits per heavy atom. The van der Waals surface area contributed by atoms with Gasteiger partial charge in [-0.2, -0.15) is 5.10 Å². The van der Waals surface area contributed by atoms with Gasteiger partial charge in [-0.3, -0.25) is 4.79 Å². The highest BCUT2D eigenvalue weighted by molar-refractivity contribution is 6.33. The summed E-state index contributed by atoms with van der Waals surface area (Å²) in [6.45, 7) is 0. The molecule has 0 N–H and O–H groups in total. The summed E-state index contributed by atoms with van der Waals surface area (Å²) in [4.78, 5) is 11.3. The van der Waals surface area contributed by atoms with Gasteiger partial charge < -0.3 is 0 Å². The summed E-state index contributed by atoms with van der Waals surface area (Å²) in [5.74, 6) is -0.414. The SMILES string of the molecule is O=Cc1cn(-c2ccccc2F)nc1-c1ccccc1Cl. The first-order chi connectivity index (χ1) is 10.2. The normalized spacial score (nSPS) is 10.6. The third kappa shape index (κ3) is 2.45. The van der Waals surface area contributed by atoms with Gasteiger partial charge in [-0.25, -0.2) is 9.07 Å². The van der Waals surface area contributed by atoms with Gasteiger partial charge in [0.1, 0.15) is 17.2 Å². The van der Waals surface area contributed by atoms with Gasteiger partial charge >= 0.3 is 0 Å². The molecule has 2 aromatic carbocycles. The Morgan fingerprint density at radius 3 is 2.52 bits per heavy atom. The van der Waals surface area contributed by atoms with Crippen LogP contribution < -0.4 is 0 Å². The van der Waals surface area contributed by atoms with Crippen molar-refractivity contribution < 1.29 is 9.18 Å². The molecule has 3 aromatic rings. The molecule has 0 fully saturated rings. The number of hydrogen-bond donors (Lipinski definition) is 0. The molecule has 104 valence electrons. The van der Waals surface area contributed by atoms with Gasteiger partial charge in [0.15, 0.2) is 6.29 Å². The number of carbonyl (C=O) groups excluding carboxylic acids is 1. The van der Waals surface area contributed by atoms with Crippen molar-refractivity contribution in [3.63, 3.8) is 0 Å². The minimum Gasteiger partial charge on any atom is -0.298 e. The number of nitrogens with zero attached hydrogens (tertiary/aromatic N) is 2. The monoisotopic (exact) mass is 300 g/mol. The number of aromatic nitrogens is 2. The van der Waals surface area contributed by atoms with E-state index in [4.69, 9.17) is 11.6 Å². The molecule has 0 saturated heterocycles. The maximum Gasteiger partial charge on any atom is 0.153 e.